The summed E-state index contributed by atoms with van der Waals surface area (Å²) in [6, 6.07) is 4.04. The predicted octanol–water partition coefficient (Wildman–Crippen LogP) is -2.06. The van der Waals surface area contributed by atoms with E-state index in [9.17, 15) is 24.9 Å². The van der Waals surface area contributed by atoms with Crippen LogP contribution in [0.5, 0.6) is 0 Å². The SMILES string of the molecule is O=c1ccn([C@]2(c3ccco3)O[C@H](CO)[C@@H](O)[C@H]2O)c(=O)[nH]1. The van der Waals surface area contributed by atoms with Crippen molar-refractivity contribution in [3.8, 4) is 0 Å². The third-order valence-electron chi connectivity index (χ3n) is 3.67. The first-order valence-corrected chi connectivity index (χ1v) is 6.52. The maximum absolute atomic E-state index is 12.1. The summed E-state index contributed by atoms with van der Waals surface area (Å²) in [5.41, 5.74) is -3.37. The maximum Gasteiger partial charge on any atom is 0.331 e. The Bertz CT molecular complexity index is 765. The number of aromatic amines is 1. The lowest BCUT2D eigenvalue weighted by Crippen LogP contribution is -2.52. The zero-order valence-electron chi connectivity index (χ0n) is 11.2. The zero-order valence-corrected chi connectivity index (χ0v) is 11.2. The molecule has 1 aliphatic heterocycles. The fraction of sp³-hybridized carbons (Fsp3) is 0.385. The lowest BCUT2D eigenvalue weighted by Gasteiger charge is -2.31. The van der Waals surface area contributed by atoms with Gasteiger partial charge in [-0.1, -0.05) is 0 Å². The van der Waals surface area contributed by atoms with Crippen molar-refractivity contribution in [2.75, 3.05) is 6.61 Å². The molecule has 0 spiro atoms. The Hall–Kier alpha value is -2.20. The molecule has 2 aromatic rings. The van der Waals surface area contributed by atoms with Gasteiger partial charge in [0.2, 0.25) is 5.72 Å². The molecule has 0 aromatic carbocycles. The molecule has 1 fully saturated rings. The fourth-order valence-electron chi connectivity index (χ4n) is 2.63. The molecule has 0 unspecified atom stereocenters. The van der Waals surface area contributed by atoms with Crippen LogP contribution in [-0.4, -0.2) is 49.8 Å². The molecule has 4 atom stereocenters. The van der Waals surface area contributed by atoms with Gasteiger partial charge in [-0.05, 0) is 12.1 Å². The normalized spacial score (nSPS) is 31.5. The summed E-state index contributed by atoms with van der Waals surface area (Å²) in [5.74, 6) is 0.0455. The van der Waals surface area contributed by atoms with E-state index < -0.39 is 41.9 Å². The van der Waals surface area contributed by atoms with E-state index in [0.29, 0.717) is 0 Å². The fourth-order valence-corrected chi connectivity index (χ4v) is 2.63. The Labute approximate surface area is 123 Å². The number of nitrogens with zero attached hydrogens (tertiary/aromatic N) is 1. The average Bonchev–Trinajstić information content (AvgIpc) is 3.10. The van der Waals surface area contributed by atoms with Crippen LogP contribution < -0.4 is 11.2 Å². The van der Waals surface area contributed by atoms with Crippen molar-refractivity contribution in [2.24, 2.45) is 0 Å². The van der Waals surface area contributed by atoms with E-state index >= 15 is 0 Å². The van der Waals surface area contributed by atoms with Crippen molar-refractivity contribution >= 4 is 0 Å². The van der Waals surface area contributed by atoms with Gasteiger partial charge in [-0.15, -0.1) is 0 Å². The molecular weight excluding hydrogens is 296 g/mol. The van der Waals surface area contributed by atoms with Crippen molar-refractivity contribution in [3.63, 3.8) is 0 Å². The highest BCUT2D eigenvalue weighted by molar-refractivity contribution is 5.18. The molecule has 0 bridgehead atoms. The van der Waals surface area contributed by atoms with Crippen molar-refractivity contribution in [1.29, 1.82) is 0 Å². The second-order valence-corrected chi connectivity index (χ2v) is 4.93. The van der Waals surface area contributed by atoms with Gasteiger partial charge in [0, 0.05) is 12.3 Å². The first kappa shape index (κ1) is 14.7. The number of H-pyrrole nitrogens is 1. The lowest BCUT2D eigenvalue weighted by atomic mass is 10.00. The van der Waals surface area contributed by atoms with Gasteiger partial charge < -0.3 is 24.5 Å². The van der Waals surface area contributed by atoms with Crippen LogP contribution in [0.2, 0.25) is 0 Å². The van der Waals surface area contributed by atoms with Crippen LogP contribution >= 0.6 is 0 Å². The third kappa shape index (κ3) is 1.95. The van der Waals surface area contributed by atoms with Gasteiger partial charge in [-0.3, -0.25) is 14.3 Å². The van der Waals surface area contributed by atoms with E-state index in [1.54, 1.807) is 0 Å². The lowest BCUT2D eigenvalue weighted by molar-refractivity contribution is -0.131. The number of hydrogen-bond donors (Lipinski definition) is 4. The van der Waals surface area contributed by atoms with Gasteiger partial charge in [0.05, 0.1) is 12.9 Å². The largest absolute Gasteiger partial charge is 0.464 e. The summed E-state index contributed by atoms with van der Waals surface area (Å²) in [6.45, 7) is -0.571. The predicted molar refractivity (Wildman–Crippen MR) is 71.1 cm³/mol. The molecule has 22 heavy (non-hydrogen) atoms. The molecule has 2 aromatic heterocycles. The maximum atomic E-state index is 12.1. The van der Waals surface area contributed by atoms with Crippen LogP contribution in [0.3, 0.4) is 0 Å². The number of aromatic nitrogens is 2. The van der Waals surface area contributed by atoms with Crippen LogP contribution in [0.15, 0.2) is 44.7 Å². The van der Waals surface area contributed by atoms with Crippen LogP contribution in [-0.2, 0) is 10.5 Å². The summed E-state index contributed by atoms with van der Waals surface area (Å²) < 4.78 is 11.7. The van der Waals surface area contributed by atoms with Gasteiger partial charge in [-0.2, -0.15) is 0 Å². The molecule has 3 rings (SSSR count). The molecule has 1 saturated heterocycles. The number of aliphatic hydroxyl groups excluding tert-OH is 3. The molecule has 9 heteroatoms. The van der Waals surface area contributed by atoms with E-state index in [1.807, 2.05) is 4.98 Å². The van der Waals surface area contributed by atoms with Gasteiger partial charge >= 0.3 is 5.69 Å². The number of ether oxygens (including phenoxy) is 1. The van der Waals surface area contributed by atoms with Gasteiger partial charge in [0.25, 0.3) is 5.56 Å². The summed E-state index contributed by atoms with van der Waals surface area (Å²) >= 11 is 0. The van der Waals surface area contributed by atoms with Crippen LogP contribution in [0, 0.1) is 0 Å². The molecule has 0 radical (unpaired) electrons. The highest BCUT2D eigenvalue weighted by Gasteiger charge is 2.58. The first-order chi connectivity index (χ1) is 10.5. The minimum absolute atomic E-state index is 0.0455. The monoisotopic (exact) mass is 310 g/mol. The zero-order chi connectivity index (χ0) is 15.9. The van der Waals surface area contributed by atoms with Crippen molar-refractivity contribution in [2.45, 2.75) is 24.0 Å². The minimum Gasteiger partial charge on any atom is -0.464 e. The van der Waals surface area contributed by atoms with Crippen LogP contribution in [0.1, 0.15) is 5.76 Å². The van der Waals surface area contributed by atoms with E-state index in [1.165, 1.54) is 18.4 Å². The summed E-state index contributed by atoms with van der Waals surface area (Å²) in [6.07, 6.45) is -1.74. The Balaban J connectivity index is 2.26. The standard InChI is InChI=1S/C13H14N2O7/c16-6-7-10(18)11(19)13(22-7,8-2-1-5-21-8)15-4-3-9(17)14-12(15)20/h1-5,7,10-11,16,18-19H,6H2,(H,14,17,20)/t7-,10-,11-,13-/m1/s1. The Morgan fingerprint density at radius 3 is 2.64 bits per heavy atom. The summed E-state index contributed by atoms with van der Waals surface area (Å²) in [4.78, 5) is 25.4. The smallest absolute Gasteiger partial charge is 0.331 e. The highest BCUT2D eigenvalue weighted by Crippen LogP contribution is 2.40. The van der Waals surface area contributed by atoms with Crippen LogP contribution in [0.4, 0.5) is 0 Å². The van der Waals surface area contributed by atoms with Crippen molar-refractivity contribution < 1.29 is 24.5 Å². The second kappa shape index (κ2) is 5.21. The number of hydrogen-bond acceptors (Lipinski definition) is 7. The molecule has 1 aliphatic rings. The highest BCUT2D eigenvalue weighted by atomic mass is 16.6. The minimum atomic E-state index is -1.89. The number of rotatable bonds is 3. The molecule has 0 aliphatic carbocycles. The van der Waals surface area contributed by atoms with E-state index in [2.05, 4.69) is 0 Å². The molecule has 118 valence electrons. The number of furan rings is 1. The first-order valence-electron chi connectivity index (χ1n) is 6.52. The Morgan fingerprint density at radius 2 is 2.09 bits per heavy atom. The van der Waals surface area contributed by atoms with Crippen LogP contribution in [0.25, 0.3) is 0 Å². The van der Waals surface area contributed by atoms with Gasteiger partial charge in [0.15, 0.2) is 5.76 Å². The summed E-state index contributed by atoms with van der Waals surface area (Å²) in [7, 11) is 0. The topological polar surface area (TPSA) is 138 Å². The molecule has 9 nitrogen and oxygen atoms in total. The molecule has 0 saturated carbocycles. The van der Waals surface area contributed by atoms with E-state index in [-0.39, 0.29) is 5.76 Å². The van der Waals surface area contributed by atoms with Gasteiger partial charge in [0.1, 0.15) is 18.3 Å². The average molecular weight is 310 g/mol. The van der Waals surface area contributed by atoms with Crippen molar-refractivity contribution in [3.05, 3.63) is 57.3 Å². The number of nitrogens with one attached hydrogen (secondary N) is 1. The van der Waals surface area contributed by atoms with E-state index in [0.717, 1.165) is 16.8 Å². The summed E-state index contributed by atoms with van der Waals surface area (Å²) in [5, 5.41) is 29.7. The number of aliphatic hydroxyl groups is 3. The Morgan fingerprint density at radius 1 is 1.32 bits per heavy atom. The van der Waals surface area contributed by atoms with E-state index in [4.69, 9.17) is 9.15 Å². The Kier molecular flexibility index (Phi) is 3.49. The van der Waals surface area contributed by atoms with Crippen molar-refractivity contribution in [1.82, 2.24) is 9.55 Å². The molecular formula is C13H14N2O7. The van der Waals surface area contributed by atoms with Gasteiger partial charge in [-0.25, -0.2) is 4.79 Å². The molecule has 4 N–H and O–H groups in total. The quantitative estimate of drug-likeness (QED) is 0.511. The third-order valence-corrected chi connectivity index (χ3v) is 3.67. The molecule has 0 amide bonds. The molecule has 3 heterocycles. The second-order valence-electron chi connectivity index (χ2n) is 4.93.